The van der Waals surface area contributed by atoms with Gasteiger partial charge in [0.1, 0.15) is 0 Å². The predicted octanol–water partition coefficient (Wildman–Crippen LogP) is 0.775. The van der Waals surface area contributed by atoms with Gasteiger partial charge in [-0.25, -0.2) is 0 Å². The van der Waals surface area contributed by atoms with Crippen molar-refractivity contribution in [3.8, 4) is 11.3 Å². The molecule has 0 aliphatic rings. The molecule has 8 heteroatoms. The van der Waals surface area contributed by atoms with Crippen molar-refractivity contribution in [2.45, 2.75) is 6.18 Å². The Morgan fingerprint density at radius 2 is 1.89 bits per heavy atom. The Morgan fingerprint density at radius 1 is 1.17 bits per heavy atom. The van der Waals surface area contributed by atoms with Crippen LogP contribution in [0.4, 0.5) is 13.2 Å². The summed E-state index contributed by atoms with van der Waals surface area (Å²) >= 11 is 0. The summed E-state index contributed by atoms with van der Waals surface area (Å²) in [6, 6.07) is 4.13. The number of H-pyrrole nitrogens is 1. The summed E-state index contributed by atoms with van der Waals surface area (Å²) in [6.45, 7) is 0. The summed E-state index contributed by atoms with van der Waals surface area (Å²) < 4.78 is 37.8. The van der Waals surface area contributed by atoms with E-state index >= 15 is 0 Å². The molecule has 0 bridgehead atoms. The van der Waals surface area contributed by atoms with Crippen molar-refractivity contribution in [1.82, 2.24) is 10.2 Å². The number of alkyl halides is 3. The maximum Gasteiger partial charge on any atom is 0.489 e. The first-order chi connectivity index (χ1) is 8.39. The third-order valence-electron chi connectivity index (χ3n) is 2.45. The Balaban J connectivity index is 2.59. The fourth-order valence-electron chi connectivity index (χ4n) is 1.60. The minimum atomic E-state index is -4.49. The lowest BCUT2D eigenvalue weighted by Crippen LogP contribution is -2.32. The number of hydrogen-bond donors (Lipinski definition) is 3. The standard InChI is InChI=1S/C10H8BF3N2O2/c12-10(13,14)6-1-2-8(11(17)18)7(5-6)9-3-4-15-16-9/h1-5,17-18H,(H,15,16). The third kappa shape index (κ3) is 2.39. The lowest BCUT2D eigenvalue weighted by molar-refractivity contribution is -0.137. The molecular weight excluding hydrogens is 248 g/mol. The second-order valence-electron chi connectivity index (χ2n) is 3.64. The topological polar surface area (TPSA) is 69.1 Å². The first kappa shape index (κ1) is 12.7. The molecule has 0 aliphatic carbocycles. The van der Waals surface area contributed by atoms with E-state index < -0.39 is 18.9 Å². The lowest BCUT2D eigenvalue weighted by atomic mass is 9.75. The molecule has 4 nitrogen and oxygen atoms in total. The molecule has 2 aromatic rings. The van der Waals surface area contributed by atoms with Crippen LogP contribution in [0.1, 0.15) is 5.56 Å². The van der Waals surface area contributed by atoms with Gasteiger partial charge in [-0.15, -0.1) is 0 Å². The van der Waals surface area contributed by atoms with Gasteiger partial charge in [0, 0.05) is 6.20 Å². The molecule has 18 heavy (non-hydrogen) atoms. The second kappa shape index (κ2) is 4.47. The average molecular weight is 256 g/mol. The highest BCUT2D eigenvalue weighted by Gasteiger charge is 2.32. The number of aromatic nitrogens is 2. The minimum Gasteiger partial charge on any atom is -0.423 e. The molecule has 0 saturated carbocycles. The van der Waals surface area contributed by atoms with Crippen molar-refractivity contribution in [3.63, 3.8) is 0 Å². The third-order valence-corrected chi connectivity index (χ3v) is 2.45. The molecule has 3 N–H and O–H groups in total. The van der Waals surface area contributed by atoms with Gasteiger partial charge in [-0.1, -0.05) is 12.1 Å². The summed E-state index contributed by atoms with van der Waals surface area (Å²) in [7, 11) is -1.86. The van der Waals surface area contributed by atoms with Gasteiger partial charge in [-0.2, -0.15) is 18.3 Å². The fourth-order valence-corrected chi connectivity index (χ4v) is 1.60. The van der Waals surface area contributed by atoms with E-state index in [9.17, 15) is 13.2 Å². The van der Waals surface area contributed by atoms with Crippen molar-refractivity contribution >= 4 is 12.6 Å². The van der Waals surface area contributed by atoms with Crippen molar-refractivity contribution < 1.29 is 23.2 Å². The number of nitrogens with one attached hydrogen (secondary N) is 1. The molecule has 0 unspecified atom stereocenters. The Labute approximate surface area is 100 Å². The Morgan fingerprint density at radius 3 is 2.39 bits per heavy atom. The molecule has 0 radical (unpaired) electrons. The zero-order chi connectivity index (χ0) is 13.3. The Bertz CT molecular complexity index is 541. The summed E-state index contributed by atoms with van der Waals surface area (Å²) in [5, 5.41) is 24.4. The van der Waals surface area contributed by atoms with E-state index in [2.05, 4.69) is 10.2 Å². The number of rotatable bonds is 2. The van der Waals surface area contributed by atoms with Crippen molar-refractivity contribution in [2.24, 2.45) is 0 Å². The van der Waals surface area contributed by atoms with E-state index in [1.165, 1.54) is 12.3 Å². The van der Waals surface area contributed by atoms with Crippen LogP contribution < -0.4 is 5.46 Å². The van der Waals surface area contributed by atoms with Crippen molar-refractivity contribution in [2.75, 3.05) is 0 Å². The summed E-state index contributed by atoms with van der Waals surface area (Å²) in [6.07, 6.45) is -3.13. The molecule has 0 atom stereocenters. The van der Waals surface area contributed by atoms with E-state index in [0.717, 1.165) is 18.2 Å². The molecule has 0 fully saturated rings. The highest BCUT2D eigenvalue weighted by molar-refractivity contribution is 6.60. The van der Waals surface area contributed by atoms with Crippen LogP contribution in [0.3, 0.4) is 0 Å². The van der Waals surface area contributed by atoms with Gasteiger partial charge in [0.15, 0.2) is 0 Å². The van der Waals surface area contributed by atoms with Crippen molar-refractivity contribution in [3.05, 3.63) is 36.0 Å². The number of benzene rings is 1. The quantitative estimate of drug-likeness (QED) is 0.695. The van der Waals surface area contributed by atoms with Crippen LogP contribution in [0, 0.1) is 0 Å². The van der Waals surface area contributed by atoms with E-state index in [-0.39, 0.29) is 16.7 Å². The number of aromatic amines is 1. The van der Waals surface area contributed by atoms with Crippen LogP contribution in [-0.2, 0) is 6.18 Å². The van der Waals surface area contributed by atoms with Crippen LogP contribution in [0.15, 0.2) is 30.5 Å². The average Bonchev–Trinajstić information content (AvgIpc) is 2.80. The number of hydrogen-bond acceptors (Lipinski definition) is 3. The van der Waals surface area contributed by atoms with Gasteiger partial charge in [0.25, 0.3) is 0 Å². The van der Waals surface area contributed by atoms with Crippen LogP contribution in [0.2, 0.25) is 0 Å². The lowest BCUT2D eigenvalue weighted by Gasteiger charge is -2.12. The molecule has 0 amide bonds. The molecular formula is C10H8BF3N2O2. The van der Waals surface area contributed by atoms with Gasteiger partial charge < -0.3 is 10.0 Å². The van der Waals surface area contributed by atoms with E-state index in [1.54, 1.807) is 0 Å². The number of halogens is 3. The highest BCUT2D eigenvalue weighted by atomic mass is 19.4. The largest absolute Gasteiger partial charge is 0.489 e. The van der Waals surface area contributed by atoms with Gasteiger partial charge in [0.2, 0.25) is 0 Å². The maximum atomic E-state index is 12.6. The maximum absolute atomic E-state index is 12.6. The molecule has 94 valence electrons. The van der Waals surface area contributed by atoms with E-state index in [4.69, 9.17) is 10.0 Å². The van der Waals surface area contributed by atoms with Gasteiger partial charge in [0.05, 0.1) is 11.3 Å². The van der Waals surface area contributed by atoms with Crippen LogP contribution >= 0.6 is 0 Å². The Kier molecular flexibility index (Phi) is 3.14. The first-order valence-corrected chi connectivity index (χ1v) is 4.96. The Hall–Kier alpha value is -1.80. The van der Waals surface area contributed by atoms with E-state index in [1.807, 2.05) is 0 Å². The SMILES string of the molecule is OB(O)c1ccc(C(F)(F)F)cc1-c1ccn[nH]1. The fraction of sp³-hybridized carbons (Fsp3) is 0.100. The van der Waals surface area contributed by atoms with E-state index in [0.29, 0.717) is 0 Å². The minimum absolute atomic E-state index is 0.0211. The van der Waals surface area contributed by atoms with Crippen LogP contribution in [0.5, 0.6) is 0 Å². The molecule has 0 aliphatic heterocycles. The molecule has 0 spiro atoms. The molecule has 0 saturated heterocycles. The predicted molar refractivity (Wildman–Crippen MR) is 58.9 cm³/mol. The monoisotopic (exact) mass is 256 g/mol. The normalized spacial score (nSPS) is 11.6. The summed E-state index contributed by atoms with van der Waals surface area (Å²) in [4.78, 5) is 0. The van der Waals surface area contributed by atoms with Crippen LogP contribution in [0.25, 0.3) is 11.3 Å². The van der Waals surface area contributed by atoms with Gasteiger partial charge in [-0.3, -0.25) is 5.10 Å². The zero-order valence-corrected chi connectivity index (χ0v) is 8.94. The first-order valence-electron chi connectivity index (χ1n) is 4.96. The molecule has 2 rings (SSSR count). The van der Waals surface area contributed by atoms with Gasteiger partial charge in [-0.05, 0) is 23.2 Å². The summed E-state index contributed by atoms with van der Waals surface area (Å²) in [5.74, 6) is 0. The highest BCUT2D eigenvalue weighted by Crippen LogP contribution is 2.31. The summed E-state index contributed by atoms with van der Waals surface area (Å²) in [5.41, 5.74) is -0.551. The van der Waals surface area contributed by atoms with Crippen LogP contribution in [-0.4, -0.2) is 27.4 Å². The zero-order valence-electron chi connectivity index (χ0n) is 8.94. The number of nitrogens with zero attached hydrogens (tertiary/aromatic N) is 1. The molecule has 1 aromatic heterocycles. The van der Waals surface area contributed by atoms with Gasteiger partial charge >= 0.3 is 13.3 Å². The smallest absolute Gasteiger partial charge is 0.423 e. The molecule has 1 heterocycles. The van der Waals surface area contributed by atoms with Crippen molar-refractivity contribution in [1.29, 1.82) is 0 Å². The molecule has 1 aromatic carbocycles. The second-order valence-corrected chi connectivity index (χ2v) is 3.64.